The van der Waals surface area contributed by atoms with Crippen LogP contribution in [0.25, 0.3) is 0 Å². The summed E-state index contributed by atoms with van der Waals surface area (Å²) >= 11 is 0. The molecule has 22 heavy (non-hydrogen) atoms. The van der Waals surface area contributed by atoms with Crippen LogP contribution < -0.4 is 0 Å². The Morgan fingerprint density at radius 1 is 1.27 bits per heavy atom. The number of ether oxygens (including phenoxy) is 1. The number of Topliss-reactive ketones (excluding diaryl/α,β-unsaturated/α-hetero) is 1. The zero-order valence-corrected chi connectivity index (χ0v) is 13.3. The average Bonchev–Trinajstić information content (AvgIpc) is 2.82. The normalized spacial score (nSPS) is 40.0. The highest BCUT2D eigenvalue weighted by atomic mass is 16.5. The van der Waals surface area contributed by atoms with Crippen LogP contribution in [0.2, 0.25) is 0 Å². The lowest BCUT2D eigenvalue weighted by molar-refractivity contribution is -0.129. The number of hydrogen-bond acceptors (Lipinski definition) is 3. The third kappa shape index (κ3) is 1.81. The van der Waals surface area contributed by atoms with Gasteiger partial charge in [0, 0.05) is 18.9 Å². The van der Waals surface area contributed by atoms with E-state index in [1.165, 1.54) is 5.56 Å². The minimum Gasteiger partial charge on any atom is -0.508 e. The molecule has 3 aliphatic carbocycles. The summed E-state index contributed by atoms with van der Waals surface area (Å²) in [6, 6.07) is 5.74. The fourth-order valence-corrected chi connectivity index (χ4v) is 5.55. The number of benzene rings is 1. The first-order chi connectivity index (χ1) is 10.5. The summed E-state index contributed by atoms with van der Waals surface area (Å²) in [5.74, 6) is 2.34. The van der Waals surface area contributed by atoms with Crippen molar-refractivity contribution in [3.63, 3.8) is 0 Å². The molecule has 0 saturated heterocycles. The molecule has 0 heterocycles. The van der Waals surface area contributed by atoms with E-state index in [2.05, 4.69) is 13.0 Å². The van der Waals surface area contributed by atoms with Gasteiger partial charge < -0.3 is 9.84 Å². The van der Waals surface area contributed by atoms with Crippen LogP contribution in [-0.2, 0) is 9.53 Å². The molecule has 3 heteroatoms. The third-order valence-corrected chi connectivity index (χ3v) is 6.73. The number of rotatable bonds is 1. The second-order valence-corrected chi connectivity index (χ2v) is 7.57. The van der Waals surface area contributed by atoms with Crippen molar-refractivity contribution in [1.82, 2.24) is 0 Å². The Balaban J connectivity index is 1.77. The zero-order valence-electron chi connectivity index (χ0n) is 13.3. The highest BCUT2D eigenvalue weighted by molar-refractivity contribution is 5.87. The molecule has 3 aliphatic rings. The van der Waals surface area contributed by atoms with Crippen LogP contribution in [0.4, 0.5) is 0 Å². The van der Waals surface area contributed by atoms with Gasteiger partial charge in [0.05, 0.1) is 6.10 Å². The molecule has 4 rings (SSSR count). The second-order valence-electron chi connectivity index (χ2n) is 7.57. The number of phenols is 1. The van der Waals surface area contributed by atoms with E-state index in [4.69, 9.17) is 4.74 Å². The minimum atomic E-state index is -0.103. The summed E-state index contributed by atoms with van der Waals surface area (Å²) in [5.41, 5.74) is 2.38. The molecule has 1 aromatic rings. The molecule has 1 aromatic carbocycles. The summed E-state index contributed by atoms with van der Waals surface area (Å²) in [5, 5.41) is 9.82. The molecule has 5 atom stereocenters. The van der Waals surface area contributed by atoms with Crippen molar-refractivity contribution in [2.45, 2.75) is 51.0 Å². The largest absolute Gasteiger partial charge is 0.508 e. The van der Waals surface area contributed by atoms with Gasteiger partial charge in [-0.3, -0.25) is 4.79 Å². The Labute approximate surface area is 131 Å². The van der Waals surface area contributed by atoms with Gasteiger partial charge in [-0.2, -0.15) is 0 Å². The fourth-order valence-electron chi connectivity index (χ4n) is 5.55. The van der Waals surface area contributed by atoms with Crippen molar-refractivity contribution >= 4 is 5.78 Å². The van der Waals surface area contributed by atoms with E-state index in [1.54, 1.807) is 13.2 Å². The lowest BCUT2D eigenvalue weighted by Crippen LogP contribution is -2.43. The van der Waals surface area contributed by atoms with Crippen LogP contribution in [-0.4, -0.2) is 18.0 Å². The van der Waals surface area contributed by atoms with Crippen LogP contribution in [0, 0.1) is 17.3 Å². The monoisotopic (exact) mass is 300 g/mol. The maximum absolute atomic E-state index is 12.4. The van der Waals surface area contributed by atoms with Gasteiger partial charge in [-0.25, -0.2) is 0 Å². The molecule has 2 fully saturated rings. The lowest BCUT2D eigenvalue weighted by atomic mass is 9.55. The zero-order chi connectivity index (χ0) is 15.5. The molecule has 0 unspecified atom stereocenters. The minimum absolute atomic E-state index is 0.0430. The summed E-state index contributed by atoms with van der Waals surface area (Å²) < 4.78 is 5.73. The van der Waals surface area contributed by atoms with Crippen molar-refractivity contribution in [2.24, 2.45) is 17.3 Å². The van der Waals surface area contributed by atoms with Crippen molar-refractivity contribution < 1.29 is 14.6 Å². The number of carbonyl (C=O) groups excluding carboxylic acids is 1. The molecule has 0 aliphatic heterocycles. The van der Waals surface area contributed by atoms with Crippen molar-refractivity contribution in [1.29, 1.82) is 0 Å². The quantitative estimate of drug-likeness (QED) is 0.854. The van der Waals surface area contributed by atoms with Gasteiger partial charge in [-0.15, -0.1) is 0 Å². The van der Waals surface area contributed by atoms with E-state index in [9.17, 15) is 9.90 Å². The highest BCUT2D eigenvalue weighted by Gasteiger charge is 2.55. The van der Waals surface area contributed by atoms with E-state index in [-0.39, 0.29) is 11.5 Å². The summed E-state index contributed by atoms with van der Waals surface area (Å²) in [6.07, 6.45) is 4.91. The number of ketones is 1. The van der Waals surface area contributed by atoms with Gasteiger partial charge in [0.15, 0.2) is 0 Å². The molecule has 1 N–H and O–H groups in total. The predicted molar refractivity (Wildman–Crippen MR) is 83.8 cm³/mol. The summed E-state index contributed by atoms with van der Waals surface area (Å²) in [4.78, 5) is 12.4. The molecule has 0 amide bonds. The highest BCUT2D eigenvalue weighted by Crippen LogP contribution is 2.61. The number of aromatic hydroxyl groups is 1. The molecule has 0 aromatic heterocycles. The lowest BCUT2D eigenvalue weighted by Gasteiger charge is -2.49. The molecule has 2 saturated carbocycles. The molecular formula is C19H24O3. The number of hydrogen-bond donors (Lipinski definition) is 1. The average molecular weight is 300 g/mol. The van der Waals surface area contributed by atoms with Crippen LogP contribution >= 0.6 is 0 Å². The Hall–Kier alpha value is -1.35. The topological polar surface area (TPSA) is 46.5 Å². The third-order valence-electron chi connectivity index (χ3n) is 6.73. The number of methoxy groups -OCH3 is 1. The molecule has 0 spiro atoms. The van der Waals surface area contributed by atoms with E-state index < -0.39 is 0 Å². The van der Waals surface area contributed by atoms with Gasteiger partial charge in [0.1, 0.15) is 11.5 Å². The number of phenolic OH excluding ortho intramolecular Hbond substituents is 1. The predicted octanol–water partition coefficient (Wildman–Crippen LogP) is 3.96. The first-order valence-corrected chi connectivity index (χ1v) is 8.43. The molecular weight excluding hydrogens is 276 g/mol. The Bertz CT molecular complexity index is 623. The molecule has 0 radical (unpaired) electrons. The van der Waals surface area contributed by atoms with Crippen LogP contribution in [0.3, 0.4) is 0 Å². The Morgan fingerprint density at radius 3 is 2.86 bits per heavy atom. The van der Waals surface area contributed by atoms with E-state index in [0.29, 0.717) is 29.3 Å². The van der Waals surface area contributed by atoms with Gasteiger partial charge in [-0.1, -0.05) is 13.0 Å². The standard InChI is InChI=1S/C19H24O3/c1-19-8-7-13-12-4-3-11(20)9-15(12)17(22-2)10-14(13)16(19)5-6-18(19)21/h3-4,9,13-14,16-17,20H,5-8,10H2,1-2H3/t13-,14-,16+,17+,19+/m1/s1. The smallest absolute Gasteiger partial charge is 0.139 e. The molecule has 0 bridgehead atoms. The van der Waals surface area contributed by atoms with Gasteiger partial charge >= 0.3 is 0 Å². The van der Waals surface area contributed by atoms with E-state index >= 15 is 0 Å². The van der Waals surface area contributed by atoms with Gasteiger partial charge in [-0.05, 0) is 66.7 Å². The van der Waals surface area contributed by atoms with Crippen molar-refractivity contribution in [3.05, 3.63) is 29.3 Å². The fraction of sp³-hybridized carbons (Fsp3) is 0.632. The van der Waals surface area contributed by atoms with Crippen molar-refractivity contribution in [2.75, 3.05) is 7.11 Å². The Kier molecular flexibility index (Phi) is 3.12. The summed E-state index contributed by atoms with van der Waals surface area (Å²) in [7, 11) is 1.75. The molecule has 118 valence electrons. The second kappa shape index (κ2) is 4.82. The van der Waals surface area contributed by atoms with Crippen LogP contribution in [0.5, 0.6) is 5.75 Å². The maximum atomic E-state index is 12.4. The van der Waals surface area contributed by atoms with Crippen LogP contribution in [0.1, 0.15) is 62.2 Å². The van der Waals surface area contributed by atoms with Gasteiger partial charge in [0.2, 0.25) is 0 Å². The number of fused-ring (bicyclic) bond motifs is 5. The maximum Gasteiger partial charge on any atom is 0.139 e. The van der Waals surface area contributed by atoms with Gasteiger partial charge in [0.25, 0.3) is 0 Å². The first-order valence-electron chi connectivity index (χ1n) is 8.43. The molecule has 3 nitrogen and oxygen atoms in total. The SMILES string of the molecule is CO[C@H]1C[C@@H]2[C@H](CC[C@]3(C)C(=O)CC[C@@H]23)c2ccc(O)cc21. The van der Waals surface area contributed by atoms with Crippen molar-refractivity contribution in [3.8, 4) is 5.75 Å². The van der Waals surface area contributed by atoms with Crippen LogP contribution in [0.15, 0.2) is 18.2 Å². The van der Waals surface area contributed by atoms with E-state index in [0.717, 1.165) is 37.7 Å². The first kappa shape index (κ1) is 14.3. The number of carbonyl (C=O) groups is 1. The summed E-state index contributed by atoms with van der Waals surface area (Å²) in [6.45, 7) is 2.19. The van der Waals surface area contributed by atoms with E-state index in [1.807, 2.05) is 6.07 Å². The Morgan fingerprint density at radius 2 is 2.09 bits per heavy atom.